The number of nitrogens with zero attached hydrogens (tertiary/aromatic N) is 2. The van der Waals surface area contributed by atoms with Crippen molar-refractivity contribution in [2.45, 2.75) is 25.3 Å². The summed E-state index contributed by atoms with van der Waals surface area (Å²) in [7, 11) is 0. The Labute approximate surface area is 98.8 Å². The summed E-state index contributed by atoms with van der Waals surface area (Å²) >= 11 is 3.40. The number of nitrogens with two attached hydrogens (primary N) is 1. The number of aromatic nitrogens is 1. The summed E-state index contributed by atoms with van der Waals surface area (Å²) in [6.07, 6.45) is 3.71. The average molecular weight is 270 g/mol. The van der Waals surface area contributed by atoms with E-state index in [1.54, 1.807) is 0 Å². The molecule has 0 aliphatic carbocycles. The van der Waals surface area contributed by atoms with E-state index >= 15 is 0 Å². The van der Waals surface area contributed by atoms with E-state index in [2.05, 4.69) is 31.9 Å². The lowest BCUT2D eigenvalue weighted by Crippen LogP contribution is -2.44. The van der Waals surface area contributed by atoms with Crippen LogP contribution in [0.5, 0.6) is 0 Å². The van der Waals surface area contributed by atoms with Gasteiger partial charge in [-0.1, -0.05) is 6.07 Å². The van der Waals surface area contributed by atoms with Crippen LogP contribution in [0.1, 0.15) is 19.3 Å². The Bertz CT molecular complexity index is 329. The van der Waals surface area contributed by atoms with Crippen molar-refractivity contribution in [3.63, 3.8) is 0 Å². The van der Waals surface area contributed by atoms with Crippen molar-refractivity contribution in [3.05, 3.63) is 22.8 Å². The minimum atomic E-state index is 0.459. The first kappa shape index (κ1) is 10.9. The van der Waals surface area contributed by atoms with Gasteiger partial charge in [0.1, 0.15) is 10.4 Å². The number of hydrogen-bond donors (Lipinski definition) is 1. The summed E-state index contributed by atoms with van der Waals surface area (Å²) in [6.45, 7) is 1.79. The number of piperidine rings is 1. The van der Waals surface area contributed by atoms with E-state index in [-0.39, 0.29) is 0 Å². The molecule has 1 aromatic heterocycles. The van der Waals surface area contributed by atoms with Gasteiger partial charge >= 0.3 is 0 Å². The zero-order chi connectivity index (χ0) is 10.7. The smallest absolute Gasteiger partial charge is 0.130 e. The second-order valence-corrected chi connectivity index (χ2v) is 4.71. The van der Waals surface area contributed by atoms with Crippen LogP contribution in [-0.4, -0.2) is 24.1 Å². The summed E-state index contributed by atoms with van der Waals surface area (Å²) in [6, 6.07) is 6.48. The zero-order valence-corrected chi connectivity index (χ0v) is 10.3. The van der Waals surface area contributed by atoms with Gasteiger partial charge < -0.3 is 10.6 Å². The van der Waals surface area contributed by atoms with Gasteiger partial charge in [0.2, 0.25) is 0 Å². The van der Waals surface area contributed by atoms with E-state index in [0.29, 0.717) is 12.6 Å². The molecule has 2 N–H and O–H groups in total. The standard InChI is InChI=1S/C11H16BrN3/c12-10-5-3-6-11(14-10)15-7-2-1-4-9(15)8-13/h3,5-6,9H,1-2,4,7-8,13H2. The second kappa shape index (κ2) is 4.94. The Balaban J connectivity index is 2.20. The van der Waals surface area contributed by atoms with Crippen LogP contribution < -0.4 is 10.6 Å². The first-order valence-corrected chi connectivity index (χ1v) is 6.20. The largest absolute Gasteiger partial charge is 0.352 e. The van der Waals surface area contributed by atoms with Gasteiger partial charge in [-0.15, -0.1) is 0 Å². The minimum Gasteiger partial charge on any atom is -0.352 e. The predicted molar refractivity (Wildman–Crippen MR) is 66.0 cm³/mol. The average Bonchev–Trinajstić information content (AvgIpc) is 2.29. The highest BCUT2D eigenvalue weighted by molar-refractivity contribution is 9.10. The van der Waals surface area contributed by atoms with Gasteiger partial charge in [-0.2, -0.15) is 0 Å². The second-order valence-electron chi connectivity index (χ2n) is 3.90. The molecule has 1 fully saturated rings. The van der Waals surface area contributed by atoms with Gasteiger partial charge in [0, 0.05) is 19.1 Å². The summed E-state index contributed by atoms with van der Waals surface area (Å²) in [5.41, 5.74) is 5.79. The first-order valence-electron chi connectivity index (χ1n) is 5.40. The third-order valence-electron chi connectivity index (χ3n) is 2.89. The number of anilines is 1. The van der Waals surface area contributed by atoms with E-state index in [1.807, 2.05) is 12.1 Å². The van der Waals surface area contributed by atoms with E-state index in [9.17, 15) is 0 Å². The highest BCUT2D eigenvalue weighted by Gasteiger charge is 2.21. The molecule has 1 aliphatic heterocycles. The minimum absolute atomic E-state index is 0.459. The van der Waals surface area contributed by atoms with Crippen LogP contribution in [-0.2, 0) is 0 Å². The maximum Gasteiger partial charge on any atom is 0.130 e. The molecule has 4 heteroatoms. The van der Waals surface area contributed by atoms with Crippen LogP contribution in [0, 0.1) is 0 Å². The van der Waals surface area contributed by atoms with Crippen molar-refractivity contribution in [2.24, 2.45) is 5.73 Å². The molecule has 2 heterocycles. The van der Waals surface area contributed by atoms with Crippen molar-refractivity contribution in [1.82, 2.24) is 4.98 Å². The monoisotopic (exact) mass is 269 g/mol. The van der Waals surface area contributed by atoms with Crippen molar-refractivity contribution in [2.75, 3.05) is 18.0 Å². The molecule has 0 bridgehead atoms. The molecule has 1 aliphatic rings. The number of halogens is 1. The Hall–Kier alpha value is -0.610. The van der Waals surface area contributed by atoms with Gasteiger partial charge in [-0.05, 0) is 47.3 Å². The molecule has 1 atom stereocenters. The Morgan fingerprint density at radius 1 is 1.47 bits per heavy atom. The Kier molecular flexibility index (Phi) is 3.59. The summed E-state index contributed by atoms with van der Waals surface area (Å²) in [5.74, 6) is 1.04. The molecule has 1 unspecified atom stereocenters. The molecule has 82 valence electrons. The summed E-state index contributed by atoms with van der Waals surface area (Å²) in [4.78, 5) is 6.81. The molecule has 0 saturated carbocycles. The lowest BCUT2D eigenvalue weighted by atomic mass is 10.0. The molecule has 1 aromatic rings. The lowest BCUT2D eigenvalue weighted by molar-refractivity contribution is 0.462. The fourth-order valence-electron chi connectivity index (χ4n) is 2.10. The first-order chi connectivity index (χ1) is 7.31. The molecule has 15 heavy (non-hydrogen) atoms. The quantitative estimate of drug-likeness (QED) is 0.837. The topological polar surface area (TPSA) is 42.1 Å². The number of pyridine rings is 1. The van der Waals surface area contributed by atoms with Gasteiger partial charge in [0.15, 0.2) is 0 Å². The lowest BCUT2D eigenvalue weighted by Gasteiger charge is -2.36. The van der Waals surface area contributed by atoms with Crippen LogP contribution >= 0.6 is 15.9 Å². The fourth-order valence-corrected chi connectivity index (χ4v) is 2.44. The van der Waals surface area contributed by atoms with E-state index in [0.717, 1.165) is 17.0 Å². The normalized spacial score (nSPS) is 21.7. The predicted octanol–water partition coefficient (Wildman–Crippen LogP) is 2.16. The summed E-state index contributed by atoms with van der Waals surface area (Å²) in [5, 5.41) is 0. The van der Waals surface area contributed by atoms with Crippen molar-refractivity contribution < 1.29 is 0 Å². The van der Waals surface area contributed by atoms with E-state index in [1.165, 1.54) is 19.3 Å². The summed E-state index contributed by atoms with van der Waals surface area (Å²) < 4.78 is 0.890. The van der Waals surface area contributed by atoms with Crippen LogP contribution in [0.25, 0.3) is 0 Å². The maximum absolute atomic E-state index is 5.79. The number of hydrogen-bond acceptors (Lipinski definition) is 3. The molecule has 1 saturated heterocycles. The molecular weight excluding hydrogens is 254 g/mol. The molecule has 0 spiro atoms. The zero-order valence-electron chi connectivity index (χ0n) is 8.69. The van der Waals surface area contributed by atoms with E-state index in [4.69, 9.17) is 5.73 Å². The Morgan fingerprint density at radius 2 is 2.33 bits per heavy atom. The van der Waals surface area contributed by atoms with Crippen LogP contribution in [0.4, 0.5) is 5.82 Å². The van der Waals surface area contributed by atoms with Crippen LogP contribution in [0.3, 0.4) is 0 Å². The maximum atomic E-state index is 5.79. The van der Waals surface area contributed by atoms with Crippen molar-refractivity contribution >= 4 is 21.7 Å². The fraction of sp³-hybridized carbons (Fsp3) is 0.545. The Morgan fingerprint density at radius 3 is 3.07 bits per heavy atom. The molecule has 2 rings (SSSR count). The van der Waals surface area contributed by atoms with Gasteiger partial charge in [-0.25, -0.2) is 4.98 Å². The molecule has 0 amide bonds. The molecule has 0 radical (unpaired) electrons. The van der Waals surface area contributed by atoms with Gasteiger partial charge in [0.25, 0.3) is 0 Å². The highest BCUT2D eigenvalue weighted by Crippen LogP contribution is 2.23. The molecular formula is C11H16BrN3. The molecule has 0 aromatic carbocycles. The van der Waals surface area contributed by atoms with Crippen molar-refractivity contribution in [1.29, 1.82) is 0 Å². The SMILES string of the molecule is NCC1CCCCN1c1cccc(Br)n1. The third kappa shape index (κ3) is 2.49. The number of rotatable bonds is 2. The third-order valence-corrected chi connectivity index (χ3v) is 3.34. The van der Waals surface area contributed by atoms with Gasteiger partial charge in [0.05, 0.1) is 0 Å². The van der Waals surface area contributed by atoms with Crippen LogP contribution in [0.2, 0.25) is 0 Å². The van der Waals surface area contributed by atoms with Crippen LogP contribution in [0.15, 0.2) is 22.8 Å². The van der Waals surface area contributed by atoms with Gasteiger partial charge in [-0.3, -0.25) is 0 Å². The molecule has 3 nitrogen and oxygen atoms in total. The van der Waals surface area contributed by atoms with Crippen molar-refractivity contribution in [3.8, 4) is 0 Å². The van der Waals surface area contributed by atoms with E-state index < -0.39 is 0 Å². The highest BCUT2D eigenvalue weighted by atomic mass is 79.9.